The number of hydrogen-bond acceptors (Lipinski definition) is 5. The standard InChI is InChI=1S/C11H21OS2.C8HF17O3S/c1-2-3-4-5-11(12)10-14-8-6-13-7-9-14;9-1(10,3(13,14)5(17,18)7(21,22)23)2(11,12)4(15,16)6(19,20)8(24,25)29(26,27)28/h2-10H2,1H3;(H,26,27,28)/q+1;/p-1. The Morgan fingerprint density at radius 1 is 0.674 bits per heavy atom. The van der Waals surface area contributed by atoms with E-state index in [1.54, 1.807) is 0 Å². The van der Waals surface area contributed by atoms with Crippen LogP contribution < -0.4 is 0 Å². The maximum Gasteiger partial charge on any atom is 0.460 e. The van der Waals surface area contributed by atoms with Crippen molar-refractivity contribution in [2.45, 2.75) is 79.6 Å². The Bertz CT molecular complexity index is 1040. The summed E-state index contributed by atoms with van der Waals surface area (Å²) < 4.78 is 244. The van der Waals surface area contributed by atoms with E-state index < -0.39 is 57.1 Å². The minimum atomic E-state index is -8.92. The van der Waals surface area contributed by atoms with Gasteiger partial charge in [0.1, 0.15) is 11.5 Å². The number of rotatable bonds is 13. The Morgan fingerprint density at radius 3 is 1.40 bits per heavy atom. The van der Waals surface area contributed by atoms with E-state index in [9.17, 15) is 92.4 Å². The van der Waals surface area contributed by atoms with Gasteiger partial charge >= 0.3 is 47.0 Å². The maximum absolute atomic E-state index is 13.0. The molecular formula is C19H21F17O4S3. The highest BCUT2D eigenvalue weighted by Gasteiger charge is 2.95. The summed E-state index contributed by atoms with van der Waals surface area (Å²) in [6.45, 7) is 2.19. The van der Waals surface area contributed by atoms with Crippen molar-refractivity contribution in [3.63, 3.8) is 0 Å². The number of thioether (sulfide) groups is 1. The molecular weight excluding hydrogens is 711 g/mol. The van der Waals surface area contributed by atoms with Gasteiger partial charge in [-0.05, 0) is 17.3 Å². The van der Waals surface area contributed by atoms with E-state index in [1.165, 1.54) is 35.9 Å². The number of alkyl halides is 17. The van der Waals surface area contributed by atoms with Crippen molar-refractivity contribution in [2.75, 3.05) is 28.8 Å². The molecule has 0 aromatic heterocycles. The van der Waals surface area contributed by atoms with Gasteiger partial charge in [-0.15, -0.1) is 0 Å². The zero-order valence-electron chi connectivity index (χ0n) is 21.1. The molecule has 0 bridgehead atoms. The second-order valence-electron chi connectivity index (χ2n) is 8.69. The second kappa shape index (κ2) is 13.8. The molecule has 0 amide bonds. The fourth-order valence-electron chi connectivity index (χ4n) is 2.88. The molecule has 0 aromatic carbocycles. The van der Waals surface area contributed by atoms with Crippen LogP contribution in [0.5, 0.6) is 0 Å². The van der Waals surface area contributed by atoms with Gasteiger partial charge in [0.2, 0.25) is 0 Å². The highest BCUT2D eigenvalue weighted by Crippen LogP contribution is 2.64. The zero-order chi connectivity index (χ0) is 34.7. The summed E-state index contributed by atoms with van der Waals surface area (Å²) >= 11 is 2.04. The van der Waals surface area contributed by atoms with E-state index in [0.717, 1.165) is 18.6 Å². The number of ketones is 1. The van der Waals surface area contributed by atoms with Crippen molar-refractivity contribution in [2.24, 2.45) is 0 Å². The lowest BCUT2D eigenvalue weighted by atomic mass is 9.91. The minimum absolute atomic E-state index is 0.449. The molecule has 0 spiro atoms. The van der Waals surface area contributed by atoms with Crippen LogP contribution in [0.3, 0.4) is 0 Å². The third kappa shape index (κ3) is 8.09. The van der Waals surface area contributed by atoms with Crippen molar-refractivity contribution in [3.05, 3.63) is 0 Å². The molecule has 1 fully saturated rings. The van der Waals surface area contributed by atoms with Crippen LogP contribution in [0, 0.1) is 0 Å². The molecule has 0 radical (unpaired) electrons. The Kier molecular flexibility index (Phi) is 13.5. The topological polar surface area (TPSA) is 74.3 Å². The van der Waals surface area contributed by atoms with Crippen LogP contribution in [0.15, 0.2) is 0 Å². The average Bonchev–Trinajstić information content (AvgIpc) is 2.83. The first-order valence-electron chi connectivity index (χ1n) is 11.2. The normalized spacial score (nSPS) is 17.4. The van der Waals surface area contributed by atoms with E-state index in [0.29, 0.717) is 16.7 Å². The highest BCUT2D eigenvalue weighted by atomic mass is 32.2. The number of hydrogen-bond donors (Lipinski definition) is 0. The van der Waals surface area contributed by atoms with Gasteiger partial charge in [-0.1, -0.05) is 19.8 Å². The van der Waals surface area contributed by atoms with Crippen LogP contribution in [0.4, 0.5) is 74.6 Å². The molecule has 4 nitrogen and oxygen atoms in total. The molecule has 0 aliphatic carbocycles. The summed E-state index contributed by atoms with van der Waals surface area (Å²) in [6.07, 6.45) is -3.51. The number of Topliss-reactive ketones (excluding diaryl/α,β-unsaturated/α-hetero) is 1. The summed E-state index contributed by atoms with van der Waals surface area (Å²) in [5.74, 6) is -45.6. The van der Waals surface area contributed by atoms with Crippen molar-refractivity contribution in [3.8, 4) is 0 Å². The van der Waals surface area contributed by atoms with E-state index in [4.69, 9.17) is 0 Å². The lowest BCUT2D eigenvalue weighted by Crippen LogP contribution is -2.75. The molecule has 1 aliphatic heterocycles. The van der Waals surface area contributed by atoms with Crippen molar-refractivity contribution in [1.29, 1.82) is 0 Å². The van der Waals surface area contributed by atoms with Crippen LogP contribution in [0.2, 0.25) is 0 Å². The first-order valence-corrected chi connectivity index (χ1v) is 15.5. The third-order valence-corrected chi connectivity index (χ3v) is 10.1. The molecule has 1 saturated heterocycles. The van der Waals surface area contributed by atoms with Crippen LogP contribution in [-0.4, -0.2) is 94.5 Å². The van der Waals surface area contributed by atoms with Crippen molar-refractivity contribution in [1.82, 2.24) is 0 Å². The molecule has 0 saturated carbocycles. The molecule has 0 N–H and O–H groups in total. The van der Waals surface area contributed by atoms with Crippen LogP contribution in [0.25, 0.3) is 0 Å². The fraction of sp³-hybridized carbons (Fsp3) is 0.947. The molecule has 0 unspecified atom stereocenters. The van der Waals surface area contributed by atoms with Crippen LogP contribution in [0.1, 0.15) is 32.6 Å². The Morgan fingerprint density at radius 2 is 1.05 bits per heavy atom. The minimum Gasteiger partial charge on any atom is -0.743 e. The number of carbonyl (C=O) groups is 1. The largest absolute Gasteiger partial charge is 0.743 e. The Balaban J connectivity index is 0.00000104. The van der Waals surface area contributed by atoms with Gasteiger partial charge in [0.05, 0.1) is 0 Å². The molecule has 1 rings (SSSR count). The predicted octanol–water partition coefficient (Wildman–Crippen LogP) is 7.00. The quantitative estimate of drug-likeness (QED) is 0.0884. The monoisotopic (exact) mass is 732 g/mol. The Labute approximate surface area is 239 Å². The highest BCUT2D eigenvalue weighted by molar-refractivity contribution is 8.05. The van der Waals surface area contributed by atoms with Gasteiger partial charge in [-0.2, -0.15) is 86.4 Å². The van der Waals surface area contributed by atoms with Gasteiger partial charge < -0.3 is 4.55 Å². The molecule has 1 heterocycles. The number of halogens is 17. The summed E-state index contributed by atoms with van der Waals surface area (Å²) in [4.78, 5) is 11.6. The van der Waals surface area contributed by atoms with Gasteiger partial charge in [-0.25, -0.2) is 8.42 Å². The van der Waals surface area contributed by atoms with E-state index in [-0.39, 0.29) is 0 Å². The molecule has 0 aromatic rings. The lowest BCUT2D eigenvalue weighted by molar-refractivity contribution is -0.458. The fourth-order valence-corrected chi connectivity index (χ4v) is 7.45. The van der Waals surface area contributed by atoms with Gasteiger partial charge in [0, 0.05) is 17.9 Å². The third-order valence-electron chi connectivity index (χ3n) is 5.46. The first kappa shape index (κ1) is 42.1. The van der Waals surface area contributed by atoms with Crippen molar-refractivity contribution >= 4 is 38.6 Å². The summed E-state index contributed by atoms with van der Waals surface area (Å²) in [6, 6.07) is 0. The van der Waals surface area contributed by atoms with Crippen molar-refractivity contribution < 1.29 is 92.4 Å². The molecule has 0 atom stereocenters. The summed E-state index contributed by atoms with van der Waals surface area (Å²) in [7, 11) is -7.69. The summed E-state index contributed by atoms with van der Waals surface area (Å²) in [5, 5.41) is -7.95. The number of carbonyl (C=O) groups excluding carboxylic acids is 1. The summed E-state index contributed by atoms with van der Waals surface area (Å²) in [5.41, 5.74) is 0. The zero-order valence-corrected chi connectivity index (χ0v) is 23.6. The lowest BCUT2D eigenvalue weighted by Gasteiger charge is -2.42. The average molecular weight is 733 g/mol. The van der Waals surface area contributed by atoms with E-state index in [2.05, 4.69) is 6.92 Å². The predicted molar refractivity (Wildman–Crippen MR) is 119 cm³/mol. The molecule has 24 heteroatoms. The smallest absolute Gasteiger partial charge is 0.460 e. The van der Waals surface area contributed by atoms with E-state index in [1.807, 2.05) is 11.8 Å². The molecule has 43 heavy (non-hydrogen) atoms. The van der Waals surface area contributed by atoms with Gasteiger partial charge in [0.15, 0.2) is 21.7 Å². The van der Waals surface area contributed by atoms with Crippen LogP contribution in [-0.2, 0) is 25.8 Å². The van der Waals surface area contributed by atoms with Gasteiger partial charge in [-0.3, -0.25) is 4.79 Å². The molecule has 1 aliphatic rings. The van der Waals surface area contributed by atoms with E-state index >= 15 is 0 Å². The second-order valence-corrected chi connectivity index (χ2v) is 13.7. The van der Waals surface area contributed by atoms with Crippen LogP contribution >= 0.6 is 11.8 Å². The van der Waals surface area contributed by atoms with Gasteiger partial charge in [0.25, 0.3) is 0 Å². The molecule has 258 valence electrons. The number of unbranched alkanes of at least 4 members (excludes halogenated alkanes) is 2. The first-order chi connectivity index (χ1) is 18.8. The maximum atomic E-state index is 13.0. The Hall–Kier alpha value is -0.910. The SMILES string of the molecule is CCCCCC(=O)C[S+]1CCSCC1.O=S(=O)([O-])C(F)(F)C(F)(F)C(F)(F)C(F)(F)C(F)(F)C(F)(F)C(F)(F)C(F)(F)F.